The fourth-order valence-corrected chi connectivity index (χ4v) is 4.00. The third-order valence-corrected chi connectivity index (χ3v) is 5.91. The van der Waals surface area contributed by atoms with Crippen LogP contribution < -0.4 is 14.8 Å². The second-order valence-corrected chi connectivity index (χ2v) is 8.14. The molecule has 1 fully saturated rings. The number of halogens is 1. The minimum atomic E-state index is -0.420. The molecule has 0 atom stereocenters. The Morgan fingerprint density at radius 3 is 2.37 bits per heavy atom. The van der Waals surface area contributed by atoms with Crippen molar-refractivity contribution in [1.29, 1.82) is 0 Å². The number of nitrogens with one attached hydrogen (secondary N) is 1. The first-order valence-corrected chi connectivity index (χ1v) is 10.9. The minimum absolute atomic E-state index is 0.0560. The van der Waals surface area contributed by atoms with Crippen molar-refractivity contribution in [1.82, 2.24) is 5.32 Å². The molecule has 7 heteroatoms. The minimum Gasteiger partial charge on any atom is -0.493 e. The number of hydrogen-bond donors (Lipinski definition) is 1. The summed E-state index contributed by atoms with van der Waals surface area (Å²) in [5, 5.41) is 15.1. The molecule has 0 radical (unpaired) electrons. The number of nitrogens with zero attached hydrogens (tertiary/aromatic N) is 1. The van der Waals surface area contributed by atoms with E-state index in [0.717, 1.165) is 11.1 Å². The van der Waals surface area contributed by atoms with Gasteiger partial charge in [-0.2, -0.15) is 0 Å². The molecule has 1 saturated carbocycles. The van der Waals surface area contributed by atoms with Gasteiger partial charge in [-0.25, -0.2) is 0 Å². The lowest BCUT2D eigenvalue weighted by molar-refractivity contribution is -0.384. The Balaban J connectivity index is 1.62. The number of methoxy groups -OCH3 is 1. The van der Waals surface area contributed by atoms with E-state index in [9.17, 15) is 10.1 Å². The van der Waals surface area contributed by atoms with Crippen LogP contribution in [-0.4, -0.2) is 18.1 Å². The molecule has 30 heavy (non-hydrogen) atoms. The van der Waals surface area contributed by atoms with Crippen molar-refractivity contribution < 1.29 is 14.4 Å². The fraction of sp³-hybridized carbons (Fsp3) is 0.478. The summed E-state index contributed by atoms with van der Waals surface area (Å²) in [5.74, 6) is 1.17. The summed E-state index contributed by atoms with van der Waals surface area (Å²) >= 11 is 6.52. The number of rotatable bonds is 8. The van der Waals surface area contributed by atoms with E-state index >= 15 is 0 Å². The van der Waals surface area contributed by atoms with Crippen molar-refractivity contribution in [2.45, 2.75) is 64.1 Å². The number of non-ortho nitro benzene ring substituents is 1. The van der Waals surface area contributed by atoms with E-state index in [1.165, 1.54) is 57.1 Å². The number of hydrogen-bond acceptors (Lipinski definition) is 5. The molecular weight excluding hydrogens is 404 g/mol. The van der Waals surface area contributed by atoms with Gasteiger partial charge in [-0.05, 0) is 42.2 Å². The van der Waals surface area contributed by atoms with Crippen molar-refractivity contribution in [2.75, 3.05) is 7.11 Å². The van der Waals surface area contributed by atoms with Gasteiger partial charge in [0.15, 0.2) is 11.5 Å². The van der Waals surface area contributed by atoms with E-state index in [1.54, 1.807) is 25.3 Å². The van der Waals surface area contributed by atoms with E-state index in [0.29, 0.717) is 29.1 Å². The predicted molar refractivity (Wildman–Crippen MR) is 118 cm³/mol. The number of nitro groups is 1. The van der Waals surface area contributed by atoms with Crippen LogP contribution in [0.3, 0.4) is 0 Å². The molecule has 3 rings (SSSR count). The Hall–Kier alpha value is -2.31. The summed E-state index contributed by atoms with van der Waals surface area (Å²) in [6.45, 7) is 0.965. The van der Waals surface area contributed by atoms with Crippen molar-refractivity contribution in [3.8, 4) is 11.5 Å². The largest absolute Gasteiger partial charge is 0.493 e. The molecule has 0 heterocycles. The van der Waals surface area contributed by atoms with Gasteiger partial charge in [0.2, 0.25) is 0 Å². The summed E-state index contributed by atoms with van der Waals surface area (Å²) in [5.41, 5.74) is 1.87. The van der Waals surface area contributed by atoms with Crippen molar-refractivity contribution in [3.63, 3.8) is 0 Å². The van der Waals surface area contributed by atoms with E-state index in [2.05, 4.69) is 5.32 Å². The van der Waals surface area contributed by atoms with Crippen LogP contribution in [0.2, 0.25) is 5.02 Å². The average molecular weight is 433 g/mol. The Morgan fingerprint density at radius 2 is 1.73 bits per heavy atom. The standard InChI is InChI=1S/C23H29ClN2O4/c1-29-22-13-18(15-25-19-7-5-3-2-4-6-8-19)21(24)14-23(22)30-16-17-9-11-20(12-10-17)26(27)28/h9-14,19,25H,2-8,15-16H2,1H3. The Kier molecular flexibility index (Phi) is 8.34. The third kappa shape index (κ3) is 6.34. The molecule has 1 aliphatic rings. The van der Waals surface area contributed by atoms with Crippen LogP contribution >= 0.6 is 11.6 Å². The van der Waals surface area contributed by atoms with Crippen molar-refractivity contribution >= 4 is 17.3 Å². The van der Waals surface area contributed by atoms with E-state index in [1.807, 2.05) is 6.07 Å². The van der Waals surface area contributed by atoms with E-state index in [4.69, 9.17) is 21.1 Å². The zero-order chi connectivity index (χ0) is 21.3. The van der Waals surface area contributed by atoms with Gasteiger partial charge in [0.05, 0.1) is 12.0 Å². The molecule has 2 aromatic carbocycles. The van der Waals surface area contributed by atoms with Gasteiger partial charge in [0, 0.05) is 35.8 Å². The Labute approximate surface area is 182 Å². The normalized spacial score (nSPS) is 15.3. The van der Waals surface area contributed by atoms with Crippen LogP contribution in [0.5, 0.6) is 11.5 Å². The van der Waals surface area contributed by atoms with Crippen molar-refractivity contribution in [3.05, 3.63) is 62.7 Å². The highest BCUT2D eigenvalue weighted by Crippen LogP contribution is 2.34. The highest BCUT2D eigenvalue weighted by Gasteiger charge is 2.15. The second kappa shape index (κ2) is 11.2. The van der Waals surface area contributed by atoms with Crippen molar-refractivity contribution in [2.24, 2.45) is 0 Å². The Bertz CT molecular complexity index is 834. The molecule has 0 saturated heterocycles. The lowest BCUT2D eigenvalue weighted by Gasteiger charge is -2.22. The molecule has 0 spiro atoms. The maximum Gasteiger partial charge on any atom is 0.269 e. The van der Waals surface area contributed by atoms with Gasteiger partial charge in [0.25, 0.3) is 5.69 Å². The quantitative estimate of drug-likeness (QED) is 0.406. The maximum atomic E-state index is 10.8. The average Bonchev–Trinajstić information content (AvgIpc) is 2.72. The molecule has 1 aliphatic carbocycles. The molecule has 0 unspecified atom stereocenters. The lowest BCUT2D eigenvalue weighted by Crippen LogP contribution is -2.29. The van der Waals surface area contributed by atoms with Crippen LogP contribution in [0.25, 0.3) is 0 Å². The van der Waals surface area contributed by atoms with Crippen LogP contribution in [-0.2, 0) is 13.2 Å². The van der Waals surface area contributed by atoms with Crippen LogP contribution in [0.1, 0.15) is 56.1 Å². The summed E-state index contributed by atoms with van der Waals surface area (Å²) in [7, 11) is 1.61. The first-order valence-electron chi connectivity index (χ1n) is 10.5. The molecule has 0 bridgehead atoms. The molecule has 6 nitrogen and oxygen atoms in total. The zero-order valence-electron chi connectivity index (χ0n) is 17.4. The Morgan fingerprint density at radius 1 is 1.07 bits per heavy atom. The monoisotopic (exact) mass is 432 g/mol. The first-order chi connectivity index (χ1) is 14.6. The summed E-state index contributed by atoms with van der Waals surface area (Å²) in [6, 6.07) is 10.5. The van der Waals surface area contributed by atoms with Gasteiger partial charge in [0.1, 0.15) is 6.61 Å². The molecule has 0 amide bonds. The SMILES string of the molecule is COc1cc(CNC2CCCCCCC2)c(Cl)cc1OCc1ccc([N+](=O)[O-])cc1. The molecule has 0 aromatic heterocycles. The fourth-order valence-electron chi connectivity index (χ4n) is 3.77. The van der Waals surface area contributed by atoms with E-state index in [-0.39, 0.29) is 12.3 Å². The first kappa shape index (κ1) is 22.4. The highest BCUT2D eigenvalue weighted by molar-refractivity contribution is 6.31. The van der Waals surface area contributed by atoms with Gasteiger partial charge in [-0.1, -0.05) is 43.7 Å². The topological polar surface area (TPSA) is 73.6 Å². The van der Waals surface area contributed by atoms with Gasteiger partial charge in [-0.3, -0.25) is 10.1 Å². The molecule has 2 aromatic rings. The summed E-state index contributed by atoms with van der Waals surface area (Å²) in [6.07, 6.45) is 9.00. The molecule has 0 aliphatic heterocycles. The lowest BCUT2D eigenvalue weighted by atomic mass is 9.96. The molecular formula is C23H29ClN2O4. The second-order valence-electron chi connectivity index (χ2n) is 7.73. The van der Waals surface area contributed by atoms with Crippen LogP contribution in [0, 0.1) is 10.1 Å². The van der Waals surface area contributed by atoms with Gasteiger partial charge < -0.3 is 14.8 Å². The summed E-state index contributed by atoms with van der Waals surface area (Å²) in [4.78, 5) is 10.3. The van der Waals surface area contributed by atoms with Gasteiger partial charge in [-0.15, -0.1) is 0 Å². The van der Waals surface area contributed by atoms with Gasteiger partial charge >= 0.3 is 0 Å². The van der Waals surface area contributed by atoms with E-state index < -0.39 is 4.92 Å². The number of benzene rings is 2. The smallest absolute Gasteiger partial charge is 0.269 e. The molecule has 1 N–H and O–H groups in total. The number of ether oxygens (including phenoxy) is 2. The van der Waals surface area contributed by atoms with Crippen LogP contribution in [0.4, 0.5) is 5.69 Å². The molecule has 162 valence electrons. The summed E-state index contributed by atoms with van der Waals surface area (Å²) < 4.78 is 11.4. The number of nitro benzene ring substituents is 1. The van der Waals surface area contributed by atoms with Crippen LogP contribution in [0.15, 0.2) is 36.4 Å². The third-order valence-electron chi connectivity index (χ3n) is 5.56. The predicted octanol–water partition coefficient (Wildman–Crippen LogP) is 6.04. The highest BCUT2D eigenvalue weighted by atomic mass is 35.5. The maximum absolute atomic E-state index is 10.8. The zero-order valence-corrected chi connectivity index (χ0v) is 18.1.